The number of hydrogen-bond donors (Lipinski definition) is 3. The summed E-state index contributed by atoms with van der Waals surface area (Å²) < 4.78 is 33.9. The average molecular weight is 569 g/mol. The number of anilines is 2. The molecule has 39 heavy (non-hydrogen) atoms. The first kappa shape index (κ1) is 28.6. The van der Waals surface area contributed by atoms with Crippen molar-refractivity contribution in [3.63, 3.8) is 0 Å². The number of hydrogen-bond acceptors (Lipinski definition) is 8. The molecule has 2 fully saturated rings. The number of rotatable bonds is 5. The topological polar surface area (TPSA) is 123 Å². The Morgan fingerprint density at radius 3 is 2.44 bits per heavy atom. The number of aliphatic hydroxyl groups excluding tert-OH is 1. The molecule has 2 saturated heterocycles. The van der Waals surface area contributed by atoms with Crippen LogP contribution in [-0.4, -0.2) is 81.0 Å². The molecule has 0 spiro atoms. The number of carboxylic acid groups (broad SMARTS) is 1. The Morgan fingerprint density at radius 2 is 1.79 bits per heavy atom. The molecule has 1 amide bonds. The lowest BCUT2D eigenvalue weighted by molar-refractivity contribution is -0.192. The number of fused-ring (bicyclic) bond motifs is 1. The Labute approximate surface area is 227 Å². The minimum atomic E-state index is -5.08. The number of carbonyl (C=O) groups excluding carboxylic acids is 1. The van der Waals surface area contributed by atoms with E-state index in [9.17, 15) is 23.1 Å². The zero-order valence-electron chi connectivity index (χ0n) is 21.6. The predicted molar refractivity (Wildman–Crippen MR) is 141 cm³/mol. The summed E-state index contributed by atoms with van der Waals surface area (Å²) in [6.07, 6.45) is 1.24. The van der Waals surface area contributed by atoms with Gasteiger partial charge in [-0.15, -0.1) is 11.3 Å². The standard InChI is InChI=1S/C23H30N6O2S.C2HF3O2/c1-15(2)18-13-28-8-3-4-20(28)21(25-18)29-9-5-16(12-29)24-22(31)19-14-32-23(26-19)27-10-6-17(30)7-11-27;3-2(4,5)1(6)7/h3-4,8,13-17,30H,5-7,9-12H2,1-2H3,(H,24,31);(H,6,7)/t16-;/m0./s1. The molecule has 5 heterocycles. The second-order valence-electron chi connectivity index (χ2n) is 9.89. The summed E-state index contributed by atoms with van der Waals surface area (Å²) in [4.78, 5) is 35.7. The van der Waals surface area contributed by atoms with E-state index in [0.29, 0.717) is 11.6 Å². The van der Waals surface area contributed by atoms with Gasteiger partial charge in [-0.05, 0) is 37.3 Å². The molecule has 3 N–H and O–H groups in total. The van der Waals surface area contributed by atoms with Gasteiger partial charge < -0.3 is 29.7 Å². The number of nitrogens with one attached hydrogen (secondary N) is 1. The quantitative estimate of drug-likeness (QED) is 0.427. The van der Waals surface area contributed by atoms with Crippen LogP contribution in [0, 0.1) is 0 Å². The van der Waals surface area contributed by atoms with Crippen molar-refractivity contribution < 1.29 is 33.0 Å². The molecule has 3 aromatic rings. The summed E-state index contributed by atoms with van der Waals surface area (Å²) in [5, 5.41) is 22.7. The van der Waals surface area contributed by atoms with E-state index in [1.54, 1.807) is 0 Å². The smallest absolute Gasteiger partial charge is 0.475 e. The van der Waals surface area contributed by atoms with Crippen LogP contribution in [0.3, 0.4) is 0 Å². The fourth-order valence-corrected chi connectivity index (χ4v) is 5.32. The van der Waals surface area contributed by atoms with Crippen LogP contribution in [0.15, 0.2) is 29.9 Å². The first-order valence-electron chi connectivity index (χ1n) is 12.6. The number of amides is 1. The fraction of sp³-hybridized carbons (Fsp3) is 0.520. The fourth-order valence-electron chi connectivity index (χ4n) is 4.46. The highest BCUT2D eigenvalue weighted by Gasteiger charge is 2.38. The summed E-state index contributed by atoms with van der Waals surface area (Å²) in [6, 6.07) is 4.20. The van der Waals surface area contributed by atoms with Crippen molar-refractivity contribution in [3.05, 3.63) is 41.3 Å². The second-order valence-corrected chi connectivity index (χ2v) is 10.7. The largest absolute Gasteiger partial charge is 0.490 e. The number of alkyl halides is 3. The van der Waals surface area contributed by atoms with Gasteiger partial charge in [-0.25, -0.2) is 14.8 Å². The van der Waals surface area contributed by atoms with Gasteiger partial charge in [0.15, 0.2) is 10.9 Å². The molecular weight excluding hydrogens is 537 g/mol. The highest BCUT2D eigenvalue weighted by molar-refractivity contribution is 7.13. The third-order valence-corrected chi connectivity index (χ3v) is 7.53. The van der Waals surface area contributed by atoms with Gasteiger partial charge in [0.1, 0.15) is 5.69 Å². The molecule has 0 aromatic carbocycles. The van der Waals surface area contributed by atoms with Crippen LogP contribution in [0.2, 0.25) is 0 Å². The summed E-state index contributed by atoms with van der Waals surface area (Å²) in [5.41, 5.74) is 2.64. The molecular formula is C25H31F3N6O4S. The molecule has 0 unspecified atom stereocenters. The van der Waals surface area contributed by atoms with Gasteiger partial charge in [0.25, 0.3) is 5.91 Å². The number of nitrogens with zero attached hydrogens (tertiary/aromatic N) is 5. The predicted octanol–water partition coefficient (Wildman–Crippen LogP) is 3.52. The van der Waals surface area contributed by atoms with Gasteiger partial charge in [-0.1, -0.05) is 13.8 Å². The maximum absolute atomic E-state index is 12.8. The molecule has 14 heteroatoms. The highest BCUT2D eigenvalue weighted by atomic mass is 32.1. The lowest BCUT2D eigenvalue weighted by atomic mass is 10.1. The normalized spacial score (nSPS) is 18.4. The maximum Gasteiger partial charge on any atom is 0.490 e. The second kappa shape index (κ2) is 11.8. The van der Waals surface area contributed by atoms with Crippen LogP contribution < -0.4 is 15.1 Å². The van der Waals surface area contributed by atoms with E-state index in [2.05, 4.69) is 56.8 Å². The number of carbonyl (C=O) groups is 2. The summed E-state index contributed by atoms with van der Waals surface area (Å²) in [7, 11) is 0. The first-order valence-corrected chi connectivity index (χ1v) is 13.5. The molecule has 2 aliphatic rings. The molecule has 2 aliphatic heterocycles. The third kappa shape index (κ3) is 6.98. The average Bonchev–Trinajstić information content (AvgIpc) is 3.64. The number of carboxylic acids is 1. The van der Waals surface area contributed by atoms with Crippen molar-refractivity contribution in [1.29, 1.82) is 0 Å². The molecule has 0 bridgehead atoms. The zero-order chi connectivity index (χ0) is 28.3. The van der Waals surface area contributed by atoms with Gasteiger partial charge in [-0.2, -0.15) is 13.2 Å². The van der Waals surface area contributed by atoms with Gasteiger partial charge in [0, 0.05) is 50.0 Å². The molecule has 0 saturated carbocycles. The number of aliphatic carboxylic acids is 1. The molecule has 1 atom stereocenters. The van der Waals surface area contributed by atoms with Crippen LogP contribution >= 0.6 is 11.3 Å². The molecule has 10 nitrogen and oxygen atoms in total. The maximum atomic E-state index is 12.8. The molecule has 0 radical (unpaired) electrons. The SMILES string of the molecule is CC(C)c1cn2cccc2c(N2CC[C@H](NC(=O)c3csc(N4CCC(O)CC4)n3)C2)n1.O=C(O)C(F)(F)F. The summed E-state index contributed by atoms with van der Waals surface area (Å²) in [6.45, 7) is 7.47. The molecule has 3 aromatic heterocycles. The number of aromatic nitrogens is 3. The third-order valence-electron chi connectivity index (χ3n) is 6.63. The van der Waals surface area contributed by atoms with Gasteiger partial charge in [0.2, 0.25) is 0 Å². The van der Waals surface area contributed by atoms with Crippen LogP contribution in [0.1, 0.15) is 55.2 Å². The Kier molecular flexibility index (Phi) is 8.64. The first-order chi connectivity index (χ1) is 18.4. The Hall–Kier alpha value is -3.39. The monoisotopic (exact) mass is 568 g/mol. The van der Waals surface area contributed by atoms with Crippen LogP contribution in [0.25, 0.3) is 5.52 Å². The van der Waals surface area contributed by atoms with Crippen LogP contribution in [-0.2, 0) is 4.79 Å². The van der Waals surface area contributed by atoms with E-state index >= 15 is 0 Å². The van der Waals surface area contributed by atoms with Crippen LogP contribution in [0.5, 0.6) is 0 Å². The minimum Gasteiger partial charge on any atom is -0.475 e. The summed E-state index contributed by atoms with van der Waals surface area (Å²) in [5.74, 6) is -1.54. The lowest BCUT2D eigenvalue weighted by Crippen LogP contribution is -2.38. The Morgan fingerprint density at radius 1 is 1.13 bits per heavy atom. The van der Waals surface area contributed by atoms with Gasteiger partial charge in [-0.3, -0.25) is 4.79 Å². The van der Waals surface area contributed by atoms with E-state index in [4.69, 9.17) is 14.9 Å². The van der Waals surface area contributed by atoms with Crippen molar-refractivity contribution in [2.45, 2.75) is 57.3 Å². The lowest BCUT2D eigenvalue weighted by Gasteiger charge is -2.29. The number of aliphatic hydroxyl groups is 1. The molecule has 0 aliphatic carbocycles. The number of halogens is 3. The summed E-state index contributed by atoms with van der Waals surface area (Å²) >= 11 is 1.50. The van der Waals surface area contributed by atoms with E-state index in [0.717, 1.165) is 67.6 Å². The van der Waals surface area contributed by atoms with Crippen molar-refractivity contribution in [1.82, 2.24) is 19.7 Å². The molecule has 212 valence electrons. The highest BCUT2D eigenvalue weighted by Crippen LogP contribution is 2.28. The van der Waals surface area contributed by atoms with Crippen LogP contribution in [0.4, 0.5) is 24.1 Å². The van der Waals surface area contributed by atoms with E-state index in [1.807, 2.05) is 11.4 Å². The Bertz CT molecular complexity index is 1300. The van der Waals surface area contributed by atoms with E-state index < -0.39 is 12.1 Å². The Balaban J connectivity index is 0.000000448. The zero-order valence-corrected chi connectivity index (χ0v) is 22.4. The number of piperidine rings is 1. The minimum absolute atomic E-state index is 0.0669. The van der Waals surface area contributed by atoms with Crippen molar-refractivity contribution >= 4 is 39.7 Å². The van der Waals surface area contributed by atoms with Crippen molar-refractivity contribution in [2.24, 2.45) is 0 Å². The van der Waals surface area contributed by atoms with Crippen molar-refractivity contribution in [2.75, 3.05) is 36.0 Å². The van der Waals surface area contributed by atoms with Crippen molar-refractivity contribution in [3.8, 4) is 0 Å². The van der Waals surface area contributed by atoms with E-state index in [-0.39, 0.29) is 18.1 Å². The van der Waals surface area contributed by atoms with E-state index in [1.165, 1.54) is 11.3 Å². The van der Waals surface area contributed by atoms with Gasteiger partial charge in [0.05, 0.1) is 17.3 Å². The van der Waals surface area contributed by atoms with Gasteiger partial charge >= 0.3 is 12.1 Å². The molecule has 5 rings (SSSR count). The number of thiazole rings is 1.